The van der Waals surface area contributed by atoms with E-state index in [4.69, 9.17) is 0 Å². The molecule has 1 aromatic rings. The Balaban J connectivity index is 2.03. The van der Waals surface area contributed by atoms with Crippen LogP contribution < -0.4 is 0 Å². The molecule has 0 N–H and O–H groups in total. The van der Waals surface area contributed by atoms with E-state index in [0.29, 0.717) is 23.3 Å². The van der Waals surface area contributed by atoms with Gasteiger partial charge in [0, 0.05) is 5.33 Å². The Hall–Kier alpha value is -0.350. The van der Waals surface area contributed by atoms with Gasteiger partial charge < -0.3 is 0 Å². The van der Waals surface area contributed by atoms with Crippen LogP contribution >= 0.6 is 15.9 Å². The summed E-state index contributed by atoms with van der Waals surface area (Å²) < 4.78 is 23.0. The number of halogens is 1. The van der Waals surface area contributed by atoms with E-state index in [1.165, 1.54) is 5.56 Å². The van der Waals surface area contributed by atoms with E-state index in [-0.39, 0.29) is 0 Å². The van der Waals surface area contributed by atoms with E-state index in [1.807, 2.05) is 18.2 Å². The van der Waals surface area contributed by atoms with Gasteiger partial charge in [0.1, 0.15) is 0 Å². The van der Waals surface area contributed by atoms with Gasteiger partial charge in [0.15, 0.2) is 9.84 Å². The van der Waals surface area contributed by atoms with E-state index in [9.17, 15) is 8.42 Å². The molecule has 1 aliphatic rings. The summed E-state index contributed by atoms with van der Waals surface area (Å²) in [5, 5.41) is 0.877. The van der Waals surface area contributed by atoms with Crippen LogP contribution in [0.25, 0.3) is 0 Å². The molecule has 2 atom stereocenters. The first-order valence-corrected chi connectivity index (χ1v) is 8.85. The molecule has 0 spiro atoms. The van der Waals surface area contributed by atoms with Crippen LogP contribution in [0.15, 0.2) is 30.3 Å². The van der Waals surface area contributed by atoms with Gasteiger partial charge in [-0.2, -0.15) is 0 Å². The topological polar surface area (TPSA) is 34.1 Å². The number of alkyl halides is 1. The van der Waals surface area contributed by atoms with Gasteiger partial charge in [-0.25, -0.2) is 8.42 Å². The highest BCUT2D eigenvalue weighted by molar-refractivity contribution is 9.09. The molecule has 2 unspecified atom stereocenters. The Morgan fingerprint density at radius 1 is 1.29 bits per heavy atom. The van der Waals surface area contributed by atoms with Crippen LogP contribution in [0.3, 0.4) is 0 Å². The van der Waals surface area contributed by atoms with Crippen molar-refractivity contribution in [2.75, 3.05) is 16.8 Å². The van der Waals surface area contributed by atoms with Crippen LogP contribution in [0, 0.1) is 11.8 Å². The number of sulfone groups is 1. The molecule has 1 heterocycles. The fourth-order valence-corrected chi connectivity index (χ4v) is 5.14. The standard InChI is InChI=1S/C13H17BrO2S/c14-9-13(8-11-4-2-1-3-5-11)12-6-7-17(15,16)10-12/h1-5,12-13H,6-10H2. The van der Waals surface area contributed by atoms with Crippen molar-refractivity contribution in [2.45, 2.75) is 12.8 Å². The van der Waals surface area contributed by atoms with Gasteiger partial charge in [-0.1, -0.05) is 46.3 Å². The fraction of sp³-hybridized carbons (Fsp3) is 0.538. The van der Waals surface area contributed by atoms with Crippen molar-refractivity contribution in [3.63, 3.8) is 0 Å². The van der Waals surface area contributed by atoms with Gasteiger partial charge in [-0.3, -0.25) is 0 Å². The fourth-order valence-electron chi connectivity index (χ4n) is 2.46. The lowest BCUT2D eigenvalue weighted by atomic mass is 9.88. The molecule has 0 bridgehead atoms. The smallest absolute Gasteiger partial charge is 0.150 e. The van der Waals surface area contributed by atoms with Crippen molar-refractivity contribution in [1.82, 2.24) is 0 Å². The van der Waals surface area contributed by atoms with Crippen molar-refractivity contribution in [3.05, 3.63) is 35.9 Å². The molecule has 1 aromatic carbocycles. The molecule has 0 aromatic heterocycles. The third kappa shape index (κ3) is 3.55. The molecule has 4 heteroatoms. The van der Waals surface area contributed by atoms with Crippen LogP contribution in [0.2, 0.25) is 0 Å². The minimum Gasteiger partial charge on any atom is -0.229 e. The summed E-state index contributed by atoms with van der Waals surface area (Å²) in [5.41, 5.74) is 1.29. The Kier molecular flexibility index (Phi) is 4.26. The van der Waals surface area contributed by atoms with Crippen LogP contribution in [-0.2, 0) is 16.3 Å². The van der Waals surface area contributed by atoms with E-state index in [1.54, 1.807) is 0 Å². The molecule has 2 rings (SSSR count). The quantitative estimate of drug-likeness (QED) is 0.800. The van der Waals surface area contributed by atoms with Gasteiger partial charge in [0.05, 0.1) is 11.5 Å². The summed E-state index contributed by atoms with van der Waals surface area (Å²) in [5.74, 6) is 1.49. The van der Waals surface area contributed by atoms with Gasteiger partial charge in [0.2, 0.25) is 0 Å². The summed E-state index contributed by atoms with van der Waals surface area (Å²) >= 11 is 3.53. The largest absolute Gasteiger partial charge is 0.229 e. The van der Waals surface area contributed by atoms with Gasteiger partial charge >= 0.3 is 0 Å². The number of rotatable bonds is 4. The van der Waals surface area contributed by atoms with Crippen LogP contribution in [-0.4, -0.2) is 25.3 Å². The zero-order chi connectivity index (χ0) is 12.3. The van der Waals surface area contributed by atoms with E-state index < -0.39 is 9.84 Å². The maximum absolute atomic E-state index is 11.5. The van der Waals surface area contributed by atoms with Gasteiger partial charge in [-0.15, -0.1) is 0 Å². The molecule has 0 amide bonds. The zero-order valence-corrected chi connectivity index (χ0v) is 12.1. The van der Waals surface area contributed by atoms with Crippen molar-refractivity contribution in [3.8, 4) is 0 Å². The Bertz CT molecular complexity index is 456. The summed E-state index contributed by atoms with van der Waals surface area (Å²) in [6.45, 7) is 0. The lowest BCUT2D eigenvalue weighted by Crippen LogP contribution is -2.20. The number of hydrogen-bond donors (Lipinski definition) is 0. The third-order valence-electron chi connectivity index (χ3n) is 3.47. The second-order valence-electron chi connectivity index (χ2n) is 4.77. The lowest BCUT2D eigenvalue weighted by Gasteiger charge is -2.20. The molecular formula is C13H17BrO2S. The van der Waals surface area contributed by atoms with Crippen LogP contribution in [0.1, 0.15) is 12.0 Å². The molecule has 17 heavy (non-hydrogen) atoms. The zero-order valence-electron chi connectivity index (χ0n) is 9.68. The predicted molar refractivity (Wildman–Crippen MR) is 74.2 cm³/mol. The number of hydrogen-bond acceptors (Lipinski definition) is 2. The molecule has 1 fully saturated rings. The van der Waals surface area contributed by atoms with Gasteiger partial charge in [-0.05, 0) is 30.2 Å². The molecule has 1 saturated heterocycles. The average Bonchev–Trinajstić information content (AvgIpc) is 2.68. The Morgan fingerprint density at radius 2 is 2.00 bits per heavy atom. The first kappa shape index (κ1) is 13.1. The molecule has 0 aliphatic carbocycles. The maximum Gasteiger partial charge on any atom is 0.150 e. The van der Waals surface area contributed by atoms with E-state index in [2.05, 4.69) is 28.1 Å². The molecule has 2 nitrogen and oxygen atoms in total. The Morgan fingerprint density at radius 3 is 2.53 bits per heavy atom. The maximum atomic E-state index is 11.5. The van der Waals surface area contributed by atoms with E-state index >= 15 is 0 Å². The highest BCUT2D eigenvalue weighted by atomic mass is 79.9. The van der Waals surface area contributed by atoms with Crippen molar-refractivity contribution in [1.29, 1.82) is 0 Å². The van der Waals surface area contributed by atoms with Crippen LogP contribution in [0.5, 0.6) is 0 Å². The van der Waals surface area contributed by atoms with Crippen molar-refractivity contribution in [2.24, 2.45) is 11.8 Å². The molecule has 0 radical (unpaired) electrons. The SMILES string of the molecule is O=S1(=O)CCC(C(CBr)Cc2ccccc2)C1. The van der Waals surface area contributed by atoms with Crippen molar-refractivity contribution >= 4 is 25.8 Å². The van der Waals surface area contributed by atoms with Crippen molar-refractivity contribution < 1.29 is 8.42 Å². The minimum absolute atomic E-state index is 0.319. The third-order valence-corrected chi connectivity index (χ3v) is 6.10. The second-order valence-corrected chi connectivity index (χ2v) is 7.64. The Labute approximate surface area is 111 Å². The van der Waals surface area contributed by atoms with Gasteiger partial charge in [0.25, 0.3) is 0 Å². The monoisotopic (exact) mass is 316 g/mol. The first-order valence-electron chi connectivity index (χ1n) is 5.91. The normalized spacial score (nSPS) is 24.6. The summed E-state index contributed by atoms with van der Waals surface area (Å²) in [6.07, 6.45) is 1.79. The summed E-state index contributed by atoms with van der Waals surface area (Å²) in [6, 6.07) is 10.3. The summed E-state index contributed by atoms with van der Waals surface area (Å²) in [4.78, 5) is 0. The average molecular weight is 317 g/mol. The summed E-state index contributed by atoms with van der Waals surface area (Å²) in [7, 11) is -2.76. The molecule has 94 valence electrons. The molecule has 1 aliphatic heterocycles. The predicted octanol–water partition coefficient (Wildman–Crippen LogP) is 2.67. The number of benzene rings is 1. The highest BCUT2D eigenvalue weighted by Crippen LogP contribution is 2.29. The van der Waals surface area contributed by atoms with E-state index in [0.717, 1.165) is 18.2 Å². The second kappa shape index (κ2) is 5.53. The lowest BCUT2D eigenvalue weighted by molar-refractivity contribution is 0.402. The molecular weight excluding hydrogens is 300 g/mol. The molecule has 0 saturated carbocycles. The highest BCUT2D eigenvalue weighted by Gasteiger charge is 2.33. The van der Waals surface area contributed by atoms with Crippen LogP contribution in [0.4, 0.5) is 0 Å². The minimum atomic E-state index is -2.76. The first-order chi connectivity index (χ1) is 8.11.